The van der Waals surface area contributed by atoms with Crippen molar-refractivity contribution in [1.29, 1.82) is 0 Å². The van der Waals surface area contributed by atoms with Gasteiger partial charge < -0.3 is 0 Å². The molecular formula is C60H78I2O6S2. The average molecular weight is 1210 g/mol. The van der Waals surface area contributed by atoms with Gasteiger partial charge in [0.15, 0.2) is 0 Å². The summed E-state index contributed by atoms with van der Waals surface area (Å²) < 4.78 is 69.7. The standard InChI is InChI=1S/2C30H39IO3S/c2*1-28(2,3)22-10-16-25(17-11-22)31(26-18-12-23(13-19-26)29(4,5)6)34-35(32,33)27-20-14-24(15-21-27)30(7,8)9/h2*10-21H,1-9H3. The van der Waals surface area contributed by atoms with Gasteiger partial charge in [0.1, 0.15) is 0 Å². The molecule has 6 aromatic rings. The third-order valence-corrected chi connectivity index (χ3v) is 26.6. The summed E-state index contributed by atoms with van der Waals surface area (Å²) in [5.41, 5.74) is 6.99. The van der Waals surface area contributed by atoms with Crippen molar-refractivity contribution >= 4 is 60.7 Å². The maximum atomic E-state index is 13.4. The van der Waals surface area contributed by atoms with Crippen LogP contribution < -0.4 is 0 Å². The van der Waals surface area contributed by atoms with Gasteiger partial charge in [0.25, 0.3) is 0 Å². The third kappa shape index (κ3) is 15.3. The van der Waals surface area contributed by atoms with Gasteiger partial charge in [0, 0.05) is 0 Å². The van der Waals surface area contributed by atoms with Gasteiger partial charge in [-0.1, -0.05) is 0 Å². The van der Waals surface area contributed by atoms with E-state index >= 15 is 0 Å². The zero-order valence-electron chi connectivity index (χ0n) is 44.9. The minimum atomic E-state index is -3.93. The van der Waals surface area contributed by atoms with Crippen LogP contribution in [0.2, 0.25) is 0 Å². The molecule has 10 heteroatoms. The molecule has 0 aliphatic rings. The van der Waals surface area contributed by atoms with Crippen LogP contribution in [0.15, 0.2) is 155 Å². The first-order valence-corrected chi connectivity index (χ1v) is 32.8. The molecule has 0 radical (unpaired) electrons. The van der Waals surface area contributed by atoms with Crippen molar-refractivity contribution in [2.24, 2.45) is 0 Å². The van der Waals surface area contributed by atoms with E-state index in [0.717, 1.165) is 25.4 Å². The number of benzene rings is 6. The van der Waals surface area contributed by atoms with Crippen LogP contribution in [-0.4, -0.2) is 16.8 Å². The molecule has 0 saturated heterocycles. The van der Waals surface area contributed by atoms with Crippen LogP contribution in [0.4, 0.5) is 0 Å². The van der Waals surface area contributed by atoms with Crippen molar-refractivity contribution < 1.29 is 21.9 Å². The Morgan fingerprint density at radius 2 is 0.400 bits per heavy atom. The van der Waals surface area contributed by atoms with Gasteiger partial charge in [0.05, 0.1) is 0 Å². The maximum absolute atomic E-state index is 13.4. The molecule has 0 aliphatic heterocycles. The van der Waals surface area contributed by atoms with Crippen molar-refractivity contribution in [3.8, 4) is 0 Å². The van der Waals surface area contributed by atoms with E-state index in [0.29, 0.717) is 0 Å². The van der Waals surface area contributed by atoms with Gasteiger partial charge in [-0.3, -0.25) is 0 Å². The van der Waals surface area contributed by atoms with E-state index < -0.39 is 60.7 Å². The number of hydrogen-bond acceptors (Lipinski definition) is 6. The van der Waals surface area contributed by atoms with Crippen LogP contribution in [0.5, 0.6) is 0 Å². The molecule has 6 rings (SSSR count). The van der Waals surface area contributed by atoms with E-state index in [2.05, 4.69) is 173 Å². The Bertz CT molecular complexity index is 2570. The summed E-state index contributed by atoms with van der Waals surface area (Å²) in [4.78, 5) is 0.399. The quantitative estimate of drug-likeness (QED) is 0.127. The van der Waals surface area contributed by atoms with Gasteiger partial charge >= 0.3 is 443 Å². The van der Waals surface area contributed by atoms with Crippen molar-refractivity contribution in [2.75, 3.05) is 0 Å². The monoisotopic (exact) mass is 1210 g/mol. The zero-order chi connectivity index (χ0) is 52.5. The first-order chi connectivity index (χ1) is 32.0. The van der Waals surface area contributed by atoms with E-state index in [1.54, 1.807) is 24.3 Å². The van der Waals surface area contributed by atoms with Crippen LogP contribution in [0.25, 0.3) is 0 Å². The van der Waals surface area contributed by atoms with Crippen molar-refractivity contribution in [3.05, 3.63) is 193 Å². The van der Waals surface area contributed by atoms with Gasteiger partial charge in [-0.25, -0.2) is 0 Å². The summed E-state index contributed by atoms with van der Waals surface area (Å²) >= 11 is -5.51. The van der Waals surface area contributed by atoms with Crippen LogP contribution in [-0.2, 0) is 57.8 Å². The molecule has 70 heavy (non-hydrogen) atoms. The van der Waals surface area contributed by atoms with E-state index in [-0.39, 0.29) is 42.3 Å². The van der Waals surface area contributed by atoms with Crippen molar-refractivity contribution in [2.45, 2.75) is 167 Å². The fourth-order valence-corrected chi connectivity index (χ4v) is 20.9. The summed E-state index contributed by atoms with van der Waals surface area (Å²) in [7, 11) is -7.85. The van der Waals surface area contributed by atoms with E-state index in [1.165, 1.54) is 22.3 Å². The summed E-state index contributed by atoms with van der Waals surface area (Å²) in [5, 5.41) is 0. The Labute approximate surface area is 438 Å². The van der Waals surface area contributed by atoms with Crippen molar-refractivity contribution in [1.82, 2.24) is 0 Å². The Morgan fingerprint density at radius 3 is 0.543 bits per heavy atom. The van der Waals surface area contributed by atoms with Gasteiger partial charge in [-0.15, -0.1) is 0 Å². The number of rotatable bonds is 10. The fourth-order valence-electron chi connectivity index (χ4n) is 7.14. The fraction of sp³-hybridized carbons (Fsp3) is 0.400. The molecule has 0 saturated carbocycles. The van der Waals surface area contributed by atoms with Crippen molar-refractivity contribution in [3.63, 3.8) is 0 Å². The molecule has 380 valence electrons. The van der Waals surface area contributed by atoms with E-state index in [4.69, 9.17) is 5.03 Å². The second-order valence-electron chi connectivity index (χ2n) is 24.1. The molecule has 0 aliphatic carbocycles. The Balaban J connectivity index is 0.000000261. The van der Waals surface area contributed by atoms with Crippen LogP contribution in [0.1, 0.15) is 158 Å². The van der Waals surface area contributed by atoms with Gasteiger partial charge in [-0.2, -0.15) is 0 Å². The normalized spacial score (nSPS) is 13.6. The summed E-state index contributed by atoms with van der Waals surface area (Å²) in [5.74, 6) is 0. The summed E-state index contributed by atoms with van der Waals surface area (Å²) in [6, 6.07) is 47.3. The third-order valence-electron chi connectivity index (χ3n) is 11.9. The Kier molecular flexibility index (Phi) is 17.7. The topological polar surface area (TPSA) is 86.7 Å². The summed E-state index contributed by atoms with van der Waals surface area (Å²) in [6.07, 6.45) is 0. The molecule has 0 bridgehead atoms. The predicted molar refractivity (Wildman–Crippen MR) is 310 cm³/mol. The first-order valence-electron chi connectivity index (χ1n) is 23.9. The first kappa shape index (κ1) is 57.5. The van der Waals surface area contributed by atoms with Crippen LogP contribution >= 0.6 is 40.5 Å². The molecule has 0 unspecified atom stereocenters. The summed E-state index contributed by atoms with van der Waals surface area (Å²) in [6.45, 7) is 38.7. The molecule has 0 aromatic heterocycles. The second kappa shape index (κ2) is 21.6. The number of hydrogen-bond donors (Lipinski definition) is 0. The van der Waals surface area contributed by atoms with Crippen LogP contribution in [0, 0.1) is 14.3 Å². The molecular weight excluding hydrogens is 1130 g/mol. The molecule has 6 nitrogen and oxygen atoms in total. The Hall–Kier alpha value is -3.40. The molecule has 0 spiro atoms. The minimum absolute atomic E-state index is 0.0215. The molecule has 0 amide bonds. The molecule has 0 heterocycles. The molecule has 6 aromatic carbocycles. The average Bonchev–Trinajstić information content (AvgIpc) is 3.26. The van der Waals surface area contributed by atoms with Gasteiger partial charge in [0.2, 0.25) is 0 Å². The second-order valence-corrected chi connectivity index (χ2v) is 37.1. The number of halogens is 2. The molecule has 0 atom stereocenters. The predicted octanol–water partition coefficient (Wildman–Crippen LogP) is 16.9. The zero-order valence-corrected chi connectivity index (χ0v) is 50.8. The van der Waals surface area contributed by atoms with Gasteiger partial charge in [-0.05, 0) is 0 Å². The van der Waals surface area contributed by atoms with E-state index in [1.807, 2.05) is 72.8 Å². The molecule has 0 fully saturated rings. The van der Waals surface area contributed by atoms with E-state index in [9.17, 15) is 16.8 Å². The SMILES string of the molecule is CC(C)(C)c1ccc(I(OS(=O)(=O)c2ccc(C(C)(C)C)cc2)c2ccc(C(C)(C)C)cc2)cc1.CC(C)(C)c1ccc(I(OS(=O)(=O)c2ccc(C(C)(C)C)cc2)c2ccc(C(C)(C)C)cc2)cc1. The molecule has 0 N–H and O–H groups in total. The van der Waals surface area contributed by atoms with Crippen LogP contribution in [0.3, 0.4) is 0 Å². The Morgan fingerprint density at radius 1 is 0.257 bits per heavy atom.